The molecule has 1 aromatic rings. The van der Waals surface area contributed by atoms with Crippen LogP contribution >= 0.6 is 0 Å². The average molecular weight is 658 g/mol. The maximum Gasteiger partial charge on any atom is 0.408 e. The van der Waals surface area contributed by atoms with Gasteiger partial charge in [0.1, 0.15) is 24.3 Å². The van der Waals surface area contributed by atoms with Gasteiger partial charge in [0, 0.05) is 13.1 Å². The maximum absolute atomic E-state index is 14.1. The summed E-state index contributed by atoms with van der Waals surface area (Å²) in [6, 6.07) is 6.12. The number of benzene rings is 1. The van der Waals surface area contributed by atoms with Gasteiger partial charge in [0.2, 0.25) is 17.6 Å². The third kappa shape index (κ3) is 12.9. The lowest BCUT2D eigenvalue weighted by Crippen LogP contribution is -2.56. The summed E-state index contributed by atoms with van der Waals surface area (Å²) in [6.07, 6.45) is 6.33. The quantitative estimate of drug-likeness (QED) is 0.321. The molecule has 13 heteroatoms. The molecular formula is C34H51N5O8. The number of alkyl carbamates (subject to hydrolysis) is 2. The molecule has 4 atom stereocenters. The van der Waals surface area contributed by atoms with Gasteiger partial charge in [0.25, 0.3) is 5.91 Å². The van der Waals surface area contributed by atoms with E-state index < -0.39 is 59.4 Å². The molecule has 1 aromatic carbocycles. The van der Waals surface area contributed by atoms with Crippen LogP contribution in [0.3, 0.4) is 0 Å². The van der Waals surface area contributed by atoms with Crippen LogP contribution in [0.5, 0.6) is 0 Å². The standard InChI is InChI=1S/C34H51N5O8/c1-34(2,3)47-33(45)38-26-18-14-9-7-5-4-6-8-13-17-25(28(40)29(35)41)37-30(42)27-19-24(21-39(27)31(26)43)20-36-32(44)46-22-23-15-11-10-12-16-23/h10-12,15-16,24-27H,4-9,13-14,17-22H2,1-3H3,(H2,35,41)(H,36,44)(H,37,42)(H,38,45)/t24-,25-,26-,27-/m0/s1. The summed E-state index contributed by atoms with van der Waals surface area (Å²) in [5, 5.41) is 8.12. The van der Waals surface area contributed by atoms with Gasteiger partial charge in [-0.05, 0) is 51.5 Å². The summed E-state index contributed by atoms with van der Waals surface area (Å²) in [6.45, 7) is 5.49. The summed E-state index contributed by atoms with van der Waals surface area (Å²) in [5.41, 5.74) is 5.35. The number of carbonyl (C=O) groups is 6. The van der Waals surface area contributed by atoms with Crippen molar-refractivity contribution in [2.75, 3.05) is 13.1 Å². The average Bonchev–Trinajstić information content (AvgIpc) is 3.45. The number of amides is 5. The van der Waals surface area contributed by atoms with E-state index in [-0.39, 0.29) is 38.5 Å². The summed E-state index contributed by atoms with van der Waals surface area (Å²) in [4.78, 5) is 79.0. The van der Waals surface area contributed by atoms with E-state index in [0.717, 1.165) is 44.1 Å². The summed E-state index contributed by atoms with van der Waals surface area (Å²) in [5.74, 6) is -3.44. The molecular weight excluding hydrogens is 606 g/mol. The van der Waals surface area contributed by atoms with Crippen molar-refractivity contribution in [3.8, 4) is 0 Å². The normalized spacial score (nSPS) is 23.4. The molecule has 2 heterocycles. The fourth-order valence-electron chi connectivity index (χ4n) is 5.94. The number of nitrogens with one attached hydrogen (secondary N) is 3. The van der Waals surface area contributed by atoms with E-state index in [9.17, 15) is 28.8 Å². The Morgan fingerprint density at radius 3 is 2.15 bits per heavy atom. The van der Waals surface area contributed by atoms with Crippen molar-refractivity contribution < 1.29 is 38.2 Å². The Kier molecular flexibility index (Phi) is 14.5. The first-order valence-corrected chi connectivity index (χ1v) is 16.7. The minimum Gasteiger partial charge on any atom is -0.445 e. The van der Waals surface area contributed by atoms with E-state index in [2.05, 4.69) is 16.0 Å². The highest BCUT2D eigenvalue weighted by Gasteiger charge is 2.43. The van der Waals surface area contributed by atoms with Crippen LogP contribution < -0.4 is 21.7 Å². The van der Waals surface area contributed by atoms with Crippen molar-refractivity contribution in [3.63, 3.8) is 0 Å². The van der Waals surface area contributed by atoms with Gasteiger partial charge in [-0.2, -0.15) is 0 Å². The Labute approximate surface area is 277 Å². The molecule has 0 aliphatic carbocycles. The molecule has 3 rings (SSSR count). The number of rotatable bonds is 7. The van der Waals surface area contributed by atoms with Crippen LogP contribution in [-0.4, -0.2) is 77.4 Å². The largest absolute Gasteiger partial charge is 0.445 e. The van der Waals surface area contributed by atoms with Gasteiger partial charge < -0.3 is 36.1 Å². The van der Waals surface area contributed by atoms with Crippen LogP contribution in [-0.2, 0) is 35.3 Å². The van der Waals surface area contributed by atoms with E-state index in [0.29, 0.717) is 19.3 Å². The van der Waals surface area contributed by atoms with Crippen molar-refractivity contribution >= 4 is 35.7 Å². The van der Waals surface area contributed by atoms with Gasteiger partial charge in [-0.25, -0.2) is 9.59 Å². The fourth-order valence-corrected chi connectivity index (χ4v) is 5.94. The van der Waals surface area contributed by atoms with Gasteiger partial charge in [-0.3, -0.25) is 19.2 Å². The van der Waals surface area contributed by atoms with Gasteiger partial charge >= 0.3 is 12.2 Å². The first-order chi connectivity index (χ1) is 22.3. The zero-order valence-electron chi connectivity index (χ0n) is 27.9. The molecule has 13 nitrogen and oxygen atoms in total. The van der Waals surface area contributed by atoms with Gasteiger partial charge in [-0.1, -0.05) is 81.7 Å². The number of ketones is 1. The number of nitrogens with zero attached hydrogens (tertiary/aromatic N) is 1. The highest BCUT2D eigenvalue weighted by molar-refractivity contribution is 6.37. The third-order valence-electron chi connectivity index (χ3n) is 8.32. The second kappa shape index (κ2) is 18.2. The number of hydrogen-bond donors (Lipinski definition) is 4. The van der Waals surface area contributed by atoms with Crippen molar-refractivity contribution in [1.82, 2.24) is 20.9 Å². The summed E-state index contributed by atoms with van der Waals surface area (Å²) >= 11 is 0. The number of fused-ring (bicyclic) bond motifs is 1. The molecule has 260 valence electrons. The van der Waals surface area contributed by atoms with Crippen LogP contribution in [0.2, 0.25) is 0 Å². The number of primary amides is 1. The van der Waals surface area contributed by atoms with Gasteiger partial charge in [-0.15, -0.1) is 0 Å². The van der Waals surface area contributed by atoms with Gasteiger partial charge in [0.15, 0.2) is 0 Å². The molecule has 2 aliphatic heterocycles. The smallest absolute Gasteiger partial charge is 0.408 e. The Morgan fingerprint density at radius 1 is 0.915 bits per heavy atom. The van der Waals surface area contributed by atoms with E-state index in [4.69, 9.17) is 15.2 Å². The molecule has 0 spiro atoms. The predicted molar refractivity (Wildman–Crippen MR) is 174 cm³/mol. The molecule has 0 saturated carbocycles. The molecule has 0 unspecified atom stereocenters. The highest BCUT2D eigenvalue weighted by atomic mass is 16.6. The van der Waals surface area contributed by atoms with E-state index in [1.54, 1.807) is 20.8 Å². The lowest BCUT2D eigenvalue weighted by Gasteiger charge is -2.30. The van der Waals surface area contributed by atoms with Crippen LogP contribution in [0.25, 0.3) is 0 Å². The molecule has 2 fully saturated rings. The maximum atomic E-state index is 14.1. The second-order valence-corrected chi connectivity index (χ2v) is 13.4. The monoisotopic (exact) mass is 657 g/mol. The zero-order chi connectivity index (χ0) is 34.4. The lowest BCUT2D eigenvalue weighted by atomic mass is 10.0. The molecule has 0 bridgehead atoms. The topological polar surface area (TPSA) is 186 Å². The van der Waals surface area contributed by atoms with Crippen molar-refractivity contribution in [1.29, 1.82) is 0 Å². The zero-order valence-corrected chi connectivity index (χ0v) is 27.9. The van der Waals surface area contributed by atoms with Crippen molar-refractivity contribution in [2.24, 2.45) is 11.7 Å². The second-order valence-electron chi connectivity index (χ2n) is 13.4. The van der Waals surface area contributed by atoms with E-state index >= 15 is 0 Å². The van der Waals surface area contributed by atoms with Crippen LogP contribution in [0.15, 0.2) is 30.3 Å². The van der Waals surface area contributed by atoms with Crippen molar-refractivity contribution in [3.05, 3.63) is 35.9 Å². The number of Topliss-reactive ketones (excluding diaryl/α,β-unsaturated/α-hetero) is 1. The Morgan fingerprint density at radius 2 is 1.53 bits per heavy atom. The number of nitrogens with two attached hydrogens (primary N) is 1. The first kappa shape index (κ1) is 37.3. The van der Waals surface area contributed by atoms with Crippen LogP contribution in [0, 0.1) is 5.92 Å². The van der Waals surface area contributed by atoms with E-state index in [1.165, 1.54) is 4.90 Å². The summed E-state index contributed by atoms with van der Waals surface area (Å²) < 4.78 is 10.7. The first-order valence-electron chi connectivity index (χ1n) is 16.7. The number of ether oxygens (including phenoxy) is 2. The van der Waals surface area contributed by atoms with Crippen molar-refractivity contribution in [2.45, 2.75) is 122 Å². The minimum absolute atomic E-state index is 0.0836. The third-order valence-corrected chi connectivity index (χ3v) is 8.32. The van der Waals surface area contributed by atoms with Crippen LogP contribution in [0.4, 0.5) is 9.59 Å². The fraction of sp³-hybridized carbons (Fsp3) is 0.647. The minimum atomic E-state index is -1.14. The molecule has 5 N–H and O–H groups in total. The molecule has 2 aliphatic rings. The predicted octanol–water partition coefficient (Wildman–Crippen LogP) is 3.48. The SMILES string of the molecule is CC(C)(C)OC(=O)N[C@H]1CCCCCCCCCC[C@@H](C(=O)C(N)=O)NC(=O)[C@@H]2C[C@@H](CNC(=O)OCc3ccccc3)CN2C1=O. The number of hydrogen-bond acceptors (Lipinski definition) is 8. The molecule has 0 aromatic heterocycles. The summed E-state index contributed by atoms with van der Waals surface area (Å²) in [7, 11) is 0. The Bertz CT molecular complexity index is 1230. The molecule has 0 radical (unpaired) electrons. The number of carbonyl (C=O) groups excluding carboxylic acids is 6. The molecule has 2 saturated heterocycles. The Hall–Kier alpha value is -4.16. The highest BCUT2D eigenvalue weighted by Crippen LogP contribution is 2.26. The molecule has 5 amide bonds. The van der Waals surface area contributed by atoms with E-state index in [1.807, 2.05) is 30.3 Å². The Balaban J connectivity index is 1.81. The molecule has 47 heavy (non-hydrogen) atoms. The lowest BCUT2D eigenvalue weighted by molar-refractivity contribution is -0.142. The van der Waals surface area contributed by atoms with Gasteiger partial charge in [0.05, 0.1) is 6.04 Å². The van der Waals surface area contributed by atoms with Crippen LogP contribution in [0.1, 0.15) is 97.0 Å².